The molecule has 0 radical (unpaired) electrons. The van der Waals surface area contributed by atoms with Crippen molar-refractivity contribution in [2.75, 3.05) is 13.6 Å². The van der Waals surface area contributed by atoms with Crippen LogP contribution in [0, 0.1) is 12.8 Å². The second kappa shape index (κ2) is 7.49. The third-order valence-corrected chi connectivity index (χ3v) is 5.51. The van der Waals surface area contributed by atoms with Gasteiger partial charge >= 0.3 is 0 Å². The molecule has 1 fully saturated rings. The molecule has 1 heterocycles. The third-order valence-electron chi connectivity index (χ3n) is 4.65. The highest BCUT2D eigenvalue weighted by Crippen LogP contribution is 2.28. The van der Waals surface area contributed by atoms with Crippen molar-refractivity contribution in [2.45, 2.75) is 44.4 Å². The van der Waals surface area contributed by atoms with Gasteiger partial charge in [0.25, 0.3) is 10.1 Å². The number of nitrogens with two attached hydrogens (primary N) is 1. The summed E-state index contributed by atoms with van der Waals surface area (Å²) in [5, 5.41) is 0. The molecule has 6 heteroatoms. The maximum atomic E-state index is 10.5. The summed E-state index contributed by atoms with van der Waals surface area (Å²) in [6, 6.07) is 5.99. The van der Waals surface area contributed by atoms with Crippen molar-refractivity contribution in [3.05, 3.63) is 41.1 Å². The Kier molecular flexibility index (Phi) is 5.83. The van der Waals surface area contributed by atoms with E-state index in [9.17, 15) is 8.42 Å². The first-order valence-corrected chi connectivity index (χ1v) is 9.74. The highest BCUT2D eigenvalue weighted by atomic mass is 32.2. The Morgan fingerprint density at radius 1 is 1.17 bits per heavy atom. The van der Waals surface area contributed by atoms with E-state index in [0.717, 1.165) is 17.8 Å². The highest BCUT2D eigenvalue weighted by Gasteiger charge is 2.30. The summed E-state index contributed by atoms with van der Waals surface area (Å²) in [6.45, 7) is 5.17. The van der Waals surface area contributed by atoms with E-state index in [2.05, 4.69) is 18.5 Å². The Morgan fingerprint density at radius 3 is 2.33 bits per heavy atom. The molecule has 1 aliphatic carbocycles. The summed E-state index contributed by atoms with van der Waals surface area (Å²) in [7, 11) is -1.82. The van der Waals surface area contributed by atoms with E-state index in [1.807, 2.05) is 6.92 Å². The summed E-state index contributed by atoms with van der Waals surface area (Å²) in [4.78, 5) is -0.0666. The van der Waals surface area contributed by atoms with Crippen LogP contribution in [-0.4, -0.2) is 36.9 Å². The third kappa shape index (κ3) is 4.45. The smallest absolute Gasteiger partial charge is 0.294 e. The van der Waals surface area contributed by atoms with Crippen LogP contribution in [0.1, 0.15) is 38.2 Å². The summed E-state index contributed by atoms with van der Waals surface area (Å²) in [5.74, 6) is 0.543. The minimum absolute atomic E-state index is 0.0666. The lowest BCUT2D eigenvalue weighted by molar-refractivity contribution is -0.505. The Labute approximate surface area is 144 Å². The van der Waals surface area contributed by atoms with Gasteiger partial charge < -0.3 is 5.73 Å². The molecule has 132 valence electrons. The number of benzene rings is 1. The summed E-state index contributed by atoms with van der Waals surface area (Å²) < 4.78 is 31.9. The lowest BCUT2D eigenvalue weighted by Crippen LogP contribution is -2.35. The highest BCUT2D eigenvalue weighted by molar-refractivity contribution is 7.85. The molecule has 0 bridgehead atoms. The average molecular weight is 351 g/mol. The summed E-state index contributed by atoms with van der Waals surface area (Å²) in [5.41, 5.74) is 11.2. The standard InChI is InChI=1S/C11H18N2.C7H8O3S/c1-8-7-13(2)10-6-4-3-5-9(10)11(8)12;1-6-2-4-7(5-3-6)11(8,9)10/h8,12H,3-7H2,1-2H3;2-5H,1H3,(H,8,9,10)/p+1. The maximum Gasteiger partial charge on any atom is 0.294 e. The summed E-state index contributed by atoms with van der Waals surface area (Å²) >= 11 is 0. The van der Waals surface area contributed by atoms with Crippen LogP contribution < -0.4 is 5.73 Å². The van der Waals surface area contributed by atoms with Crippen molar-refractivity contribution in [1.29, 1.82) is 0 Å². The molecule has 5 nitrogen and oxygen atoms in total. The zero-order valence-electron chi connectivity index (χ0n) is 14.6. The molecule has 1 aromatic rings. The molecular formula is C18H27N2O3S+. The molecule has 0 saturated heterocycles. The van der Waals surface area contributed by atoms with Gasteiger partial charge in [-0.05, 0) is 38.3 Å². The van der Waals surface area contributed by atoms with Gasteiger partial charge in [-0.25, -0.2) is 4.58 Å². The van der Waals surface area contributed by atoms with Gasteiger partial charge in [-0.15, -0.1) is 0 Å². The van der Waals surface area contributed by atoms with Crippen LogP contribution in [0.5, 0.6) is 0 Å². The number of rotatable bonds is 1. The Hall–Kier alpha value is -1.66. The molecule has 1 aliphatic heterocycles. The largest absolute Gasteiger partial charge is 0.401 e. The first-order chi connectivity index (χ1) is 11.2. The quantitative estimate of drug-likeness (QED) is 0.602. The zero-order valence-corrected chi connectivity index (χ0v) is 15.4. The fraction of sp³-hybridized carbons (Fsp3) is 0.500. The van der Waals surface area contributed by atoms with Crippen molar-refractivity contribution in [3.8, 4) is 0 Å². The van der Waals surface area contributed by atoms with Crippen molar-refractivity contribution in [3.63, 3.8) is 0 Å². The number of fused-ring (bicyclic) bond motifs is 1. The molecular weight excluding hydrogens is 324 g/mol. The van der Waals surface area contributed by atoms with Gasteiger partial charge in [0.15, 0.2) is 12.3 Å². The van der Waals surface area contributed by atoms with Crippen LogP contribution in [0.2, 0.25) is 0 Å². The predicted molar refractivity (Wildman–Crippen MR) is 95.9 cm³/mol. The van der Waals surface area contributed by atoms with E-state index in [1.165, 1.54) is 49.1 Å². The van der Waals surface area contributed by atoms with Crippen LogP contribution in [0.4, 0.5) is 0 Å². The molecule has 0 aromatic heterocycles. The van der Waals surface area contributed by atoms with E-state index in [-0.39, 0.29) is 4.90 Å². The number of hydrogen-bond acceptors (Lipinski definition) is 3. The van der Waals surface area contributed by atoms with E-state index in [1.54, 1.807) is 12.1 Å². The molecule has 3 rings (SSSR count). The summed E-state index contributed by atoms with van der Waals surface area (Å²) in [6.07, 6.45) is 5.10. The molecule has 1 aromatic carbocycles. The van der Waals surface area contributed by atoms with Gasteiger partial charge in [0, 0.05) is 17.7 Å². The van der Waals surface area contributed by atoms with Crippen LogP contribution in [0.15, 0.2) is 40.4 Å². The number of aryl methyl sites for hydroxylation is 1. The van der Waals surface area contributed by atoms with E-state index in [0.29, 0.717) is 5.92 Å². The molecule has 1 atom stereocenters. The van der Waals surface area contributed by atoms with Gasteiger partial charge in [0.05, 0.1) is 10.8 Å². The van der Waals surface area contributed by atoms with E-state index >= 15 is 0 Å². The molecule has 3 N–H and O–H groups in total. The molecule has 2 aliphatic rings. The first-order valence-electron chi connectivity index (χ1n) is 8.30. The zero-order chi connectivity index (χ0) is 17.9. The van der Waals surface area contributed by atoms with Crippen molar-refractivity contribution < 1.29 is 17.5 Å². The van der Waals surface area contributed by atoms with Gasteiger partial charge in [-0.1, -0.05) is 24.6 Å². The van der Waals surface area contributed by atoms with Crippen LogP contribution in [-0.2, 0) is 10.1 Å². The lowest BCUT2D eigenvalue weighted by atomic mass is 9.85. The van der Waals surface area contributed by atoms with Gasteiger partial charge in [0.2, 0.25) is 0 Å². The monoisotopic (exact) mass is 351 g/mol. The van der Waals surface area contributed by atoms with Crippen LogP contribution >= 0.6 is 0 Å². The average Bonchev–Trinajstić information content (AvgIpc) is 2.53. The predicted octanol–water partition coefficient (Wildman–Crippen LogP) is 2.75. The minimum Gasteiger partial charge on any atom is -0.401 e. The van der Waals surface area contributed by atoms with Crippen molar-refractivity contribution in [2.24, 2.45) is 11.7 Å². The minimum atomic E-state index is -4.02. The second-order valence-electron chi connectivity index (χ2n) is 6.66. The second-order valence-corrected chi connectivity index (χ2v) is 8.08. The Bertz CT molecular complexity index is 762. The van der Waals surface area contributed by atoms with Crippen LogP contribution in [0.25, 0.3) is 0 Å². The fourth-order valence-corrected chi connectivity index (χ4v) is 3.73. The topological polar surface area (TPSA) is 83.4 Å². The maximum absolute atomic E-state index is 10.5. The lowest BCUT2D eigenvalue weighted by Gasteiger charge is -2.25. The SMILES string of the molecule is CC1C[N+](C)=C2CCCCC2=C1N.Cc1ccc(S(=O)(=O)O)cc1. The fourth-order valence-electron chi connectivity index (χ4n) is 3.25. The molecule has 0 spiro atoms. The van der Waals surface area contributed by atoms with Crippen LogP contribution in [0.3, 0.4) is 0 Å². The van der Waals surface area contributed by atoms with Gasteiger partial charge in [-0.2, -0.15) is 8.42 Å². The Morgan fingerprint density at radius 2 is 1.75 bits per heavy atom. The van der Waals surface area contributed by atoms with Gasteiger partial charge in [-0.3, -0.25) is 4.55 Å². The normalized spacial score (nSPS) is 21.1. The van der Waals surface area contributed by atoms with Crippen molar-refractivity contribution >= 4 is 15.8 Å². The number of hydrogen-bond donors (Lipinski definition) is 2. The first kappa shape index (κ1) is 18.7. The van der Waals surface area contributed by atoms with E-state index < -0.39 is 10.1 Å². The molecule has 24 heavy (non-hydrogen) atoms. The number of allylic oxidation sites excluding steroid dienone is 1. The van der Waals surface area contributed by atoms with Gasteiger partial charge in [0.1, 0.15) is 7.05 Å². The van der Waals surface area contributed by atoms with E-state index in [4.69, 9.17) is 10.3 Å². The molecule has 1 saturated carbocycles. The van der Waals surface area contributed by atoms with Crippen molar-refractivity contribution in [1.82, 2.24) is 0 Å². The number of nitrogens with zero attached hydrogens (tertiary/aromatic N) is 1. The molecule has 0 amide bonds. The Balaban J connectivity index is 0.000000177. The molecule has 1 unspecified atom stereocenters.